The van der Waals surface area contributed by atoms with E-state index in [2.05, 4.69) is 31.0 Å². The minimum atomic E-state index is 0.855. The molecule has 2 rings (SSSR count). The third-order valence-electron chi connectivity index (χ3n) is 5.49. The van der Waals surface area contributed by atoms with Gasteiger partial charge in [0.25, 0.3) is 0 Å². The molecule has 1 saturated carbocycles. The number of nitrogens with zero attached hydrogens (tertiary/aromatic N) is 1. The SMILES string of the molecule is CCN(CC1CCNCC1)C1CCCC(C)C1C. The van der Waals surface area contributed by atoms with Gasteiger partial charge in [-0.05, 0) is 56.7 Å². The zero-order valence-electron chi connectivity index (χ0n) is 12.6. The van der Waals surface area contributed by atoms with Gasteiger partial charge < -0.3 is 10.2 Å². The van der Waals surface area contributed by atoms with Crippen molar-refractivity contribution in [3.05, 3.63) is 0 Å². The summed E-state index contributed by atoms with van der Waals surface area (Å²) in [6.45, 7) is 12.4. The topological polar surface area (TPSA) is 15.3 Å². The Morgan fingerprint density at radius 1 is 1.06 bits per heavy atom. The average molecular weight is 252 g/mol. The summed E-state index contributed by atoms with van der Waals surface area (Å²) in [6, 6.07) is 0.855. The molecule has 2 fully saturated rings. The molecule has 0 aromatic heterocycles. The first-order chi connectivity index (χ1) is 8.72. The first-order valence-electron chi connectivity index (χ1n) is 8.17. The number of hydrogen-bond acceptors (Lipinski definition) is 2. The van der Waals surface area contributed by atoms with Crippen molar-refractivity contribution >= 4 is 0 Å². The molecule has 2 heteroatoms. The standard InChI is InChI=1S/C16H32N2/c1-4-18(12-15-8-10-17-11-9-15)16-7-5-6-13(2)14(16)3/h13-17H,4-12H2,1-3H3. The predicted molar refractivity (Wildman–Crippen MR) is 78.8 cm³/mol. The molecule has 106 valence electrons. The van der Waals surface area contributed by atoms with Crippen LogP contribution >= 0.6 is 0 Å². The van der Waals surface area contributed by atoms with Crippen molar-refractivity contribution in [2.24, 2.45) is 17.8 Å². The normalized spacial score (nSPS) is 35.0. The Morgan fingerprint density at radius 3 is 2.44 bits per heavy atom. The zero-order valence-corrected chi connectivity index (χ0v) is 12.6. The van der Waals surface area contributed by atoms with Crippen molar-refractivity contribution < 1.29 is 0 Å². The van der Waals surface area contributed by atoms with Crippen molar-refractivity contribution in [1.29, 1.82) is 0 Å². The lowest BCUT2D eigenvalue weighted by molar-refractivity contribution is 0.0673. The molecule has 1 saturated heterocycles. The second kappa shape index (κ2) is 6.91. The number of rotatable bonds is 4. The molecule has 2 nitrogen and oxygen atoms in total. The summed E-state index contributed by atoms with van der Waals surface area (Å²) in [7, 11) is 0. The highest BCUT2D eigenvalue weighted by atomic mass is 15.2. The van der Waals surface area contributed by atoms with Crippen LogP contribution < -0.4 is 5.32 Å². The van der Waals surface area contributed by atoms with Crippen LogP contribution in [0.25, 0.3) is 0 Å². The van der Waals surface area contributed by atoms with Gasteiger partial charge in [0.1, 0.15) is 0 Å². The summed E-state index contributed by atoms with van der Waals surface area (Å²) >= 11 is 0. The van der Waals surface area contributed by atoms with Crippen LogP contribution in [-0.2, 0) is 0 Å². The molecule has 3 unspecified atom stereocenters. The molecule has 0 radical (unpaired) electrons. The van der Waals surface area contributed by atoms with E-state index in [-0.39, 0.29) is 0 Å². The van der Waals surface area contributed by atoms with Crippen LogP contribution in [-0.4, -0.2) is 37.1 Å². The Balaban J connectivity index is 1.90. The van der Waals surface area contributed by atoms with E-state index in [1.54, 1.807) is 0 Å². The van der Waals surface area contributed by atoms with E-state index < -0.39 is 0 Å². The third-order valence-corrected chi connectivity index (χ3v) is 5.49. The summed E-state index contributed by atoms with van der Waals surface area (Å²) in [5.41, 5.74) is 0. The molecule has 0 aromatic rings. The molecule has 0 spiro atoms. The predicted octanol–water partition coefficient (Wildman–Crippen LogP) is 3.13. The van der Waals surface area contributed by atoms with Gasteiger partial charge in [-0.1, -0.05) is 33.6 Å². The second-order valence-corrected chi connectivity index (χ2v) is 6.62. The first-order valence-corrected chi connectivity index (χ1v) is 8.17. The highest BCUT2D eigenvalue weighted by molar-refractivity contribution is 4.85. The quantitative estimate of drug-likeness (QED) is 0.827. The molecule has 2 aliphatic rings. The Labute approximate surface area is 114 Å². The van der Waals surface area contributed by atoms with Gasteiger partial charge in [0.15, 0.2) is 0 Å². The molecule has 3 atom stereocenters. The molecular weight excluding hydrogens is 220 g/mol. The summed E-state index contributed by atoms with van der Waals surface area (Å²) in [5.74, 6) is 2.75. The first kappa shape index (κ1) is 14.3. The Morgan fingerprint density at radius 2 is 1.78 bits per heavy atom. The van der Waals surface area contributed by atoms with E-state index in [1.807, 2.05) is 0 Å². The van der Waals surface area contributed by atoms with Crippen molar-refractivity contribution in [1.82, 2.24) is 10.2 Å². The van der Waals surface area contributed by atoms with Crippen LogP contribution in [0.2, 0.25) is 0 Å². The van der Waals surface area contributed by atoms with E-state index in [0.717, 1.165) is 23.8 Å². The van der Waals surface area contributed by atoms with E-state index in [9.17, 15) is 0 Å². The van der Waals surface area contributed by atoms with Crippen molar-refractivity contribution in [2.45, 2.75) is 58.9 Å². The number of nitrogens with one attached hydrogen (secondary N) is 1. The van der Waals surface area contributed by atoms with Gasteiger partial charge in [-0.15, -0.1) is 0 Å². The number of piperidine rings is 1. The molecule has 0 aromatic carbocycles. The fraction of sp³-hybridized carbons (Fsp3) is 1.00. The molecular formula is C16H32N2. The van der Waals surface area contributed by atoms with E-state index in [0.29, 0.717) is 0 Å². The Kier molecular flexibility index (Phi) is 5.50. The Hall–Kier alpha value is -0.0800. The fourth-order valence-corrected chi connectivity index (χ4v) is 3.96. The minimum Gasteiger partial charge on any atom is -0.317 e. The maximum Gasteiger partial charge on any atom is 0.0123 e. The van der Waals surface area contributed by atoms with Gasteiger partial charge in [0.05, 0.1) is 0 Å². The summed E-state index contributed by atoms with van der Waals surface area (Å²) in [4.78, 5) is 2.80. The lowest BCUT2D eigenvalue weighted by atomic mass is 9.77. The van der Waals surface area contributed by atoms with Gasteiger partial charge in [0.2, 0.25) is 0 Å². The van der Waals surface area contributed by atoms with Gasteiger partial charge in [-0.3, -0.25) is 0 Å². The molecule has 0 amide bonds. The third kappa shape index (κ3) is 3.48. The lowest BCUT2D eigenvalue weighted by Gasteiger charge is -2.43. The maximum atomic E-state index is 3.48. The van der Waals surface area contributed by atoms with E-state index in [1.165, 1.54) is 58.3 Å². The van der Waals surface area contributed by atoms with Crippen molar-refractivity contribution in [3.8, 4) is 0 Å². The Bertz CT molecular complexity index is 235. The van der Waals surface area contributed by atoms with E-state index in [4.69, 9.17) is 0 Å². The fourth-order valence-electron chi connectivity index (χ4n) is 3.96. The van der Waals surface area contributed by atoms with Crippen molar-refractivity contribution in [2.75, 3.05) is 26.2 Å². The number of hydrogen-bond donors (Lipinski definition) is 1. The average Bonchev–Trinajstić information content (AvgIpc) is 2.41. The highest BCUT2D eigenvalue weighted by Gasteiger charge is 2.31. The second-order valence-electron chi connectivity index (χ2n) is 6.62. The van der Waals surface area contributed by atoms with Gasteiger partial charge in [-0.2, -0.15) is 0 Å². The summed E-state index contributed by atoms with van der Waals surface area (Å²) in [5, 5.41) is 3.48. The molecule has 1 aliphatic heterocycles. The van der Waals surface area contributed by atoms with Gasteiger partial charge in [-0.25, -0.2) is 0 Å². The van der Waals surface area contributed by atoms with Crippen LogP contribution in [0.3, 0.4) is 0 Å². The van der Waals surface area contributed by atoms with Crippen LogP contribution in [0.4, 0.5) is 0 Å². The van der Waals surface area contributed by atoms with Crippen LogP contribution in [0.5, 0.6) is 0 Å². The molecule has 1 N–H and O–H groups in total. The smallest absolute Gasteiger partial charge is 0.0123 e. The summed E-state index contributed by atoms with van der Waals surface area (Å²) < 4.78 is 0. The highest BCUT2D eigenvalue weighted by Crippen LogP contribution is 2.33. The monoisotopic (exact) mass is 252 g/mol. The lowest BCUT2D eigenvalue weighted by Crippen LogP contribution is -2.47. The van der Waals surface area contributed by atoms with Crippen LogP contribution in [0.1, 0.15) is 52.9 Å². The summed E-state index contributed by atoms with van der Waals surface area (Å²) in [6.07, 6.45) is 7.09. The van der Waals surface area contributed by atoms with Gasteiger partial charge in [0, 0.05) is 12.6 Å². The van der Waals surface area contributed by atoms with Crippen LogP contribution in [0, 0.1) is 17.8 Å². The molecule has 1 heterocycles. The van der Waals surface area contributed by atoms with Gasteiger partial charge >= 0.3 is 0 Å². The van der Waals surface area contributed by atoms with Crippen molar-refractivity contribution in [3.63, 3.8) is 0 Å². The molecule has 18 heavy (non-hydrogen) atoms. The largest absolute Gasteiger partial charge is 0.317 e. The minimum absolute atomic E-state index is 0.855. The molecule has 0 bridgehead atoms. The van der Waals surface area contributed by atoms with E-state index >= 15 is 0 Å². The molecule has 1 aliphatic carbocycles. The van der Waals surface area contributed by atoms with Crippen LogP contribution in [0.15, 0.2) is 0 Å². The zero-order chi connectivity index (χ0) is 13.0. The maximum absolute atomic E-state index is 3.48.